The summed E-state index contributed by atoms with van der Waals surface area (Å²) in [5, 5.41) is 1.99. The van der Waals surface area contributed by atoms with Gasteiger partial charge in [-0.3, -0.25) is 9.59 Å². The first-order valence-corrected chi connectivity index (χ1v) is 11.3. The number of benzene rings is 2. The van der Waals surface area contributed by atoms with Crippen LogP contribution in [0.5, 0.6) is 0 Å². The first-order valence-electron chi connectivity index (χ1n) is 10.4. The molecule has 3 aromatic rings. The summed E-state index contributed by atoms with van der Waals surface area (Å²) in [6.07, 6.45) is 0.712. The van der Waals surface area contributed by atoms with Gasteiger partial charge in [-0.1, -0.05) is 43.3 Å². The van der Waals surface area contributed by atoms with E-state index in [1.165, 1.54) is 24.3 Å². The molecule has 0 aliphatic carbocycles. The van der Waals surface area contributed by atoms with Gasteiger partial charge in [0.15, 0.2) is 0 Å². The van der Waals surface area contributed by atoms with Crippen LogP contribution in [0.25, 0.3) is 0 Å². The zero-order valence-electron chi connectivity index (χ0n) is 17.8. The first kappa shape index (κ1) is 22.7. The Morgan fingerprint density at radius 1 is 0.968 bits per heavy atom. The molecule has 0 bridgehead atoms. The summed E-state index contributed by atoms with van der Waals surface area (Å²) < 4.78 is 13.3. The number of carbonyl (C=O) groups is 2. The van der Waals surface area contributed by atoms with Crippen LogP contribution in [-0.4, -0.2) is 34.2 Å². The van der Waals surface area contributed by atoms with E-state index < -0.39 is 5.82 Å². The number of amides is 2. The van der Waals surface area contributed by atoms with Crippen LogP contribution in [0.3, 0.4) is 0 Å². The average Bonchev–Trinajstić information content (AvgIpc) is 3.30. The van der Waals surface area contributed by atoms with Crippen LogP contribution in [0.2, 0.25) is 0 Å². The first-order chi connectivity index (χ1) is 15.0. The topological polar surface area (TPSA) is 40.6 Å². The van der Waals surface area contributed by atoms with Crippen LogP contribution in [0.4, 0.5) is 4.39 Å². The zero-order valence-corrected chi connectivity index (χ0v) is 18.6. The van der Waals surface area contributed by atoms with Gasteiger partial charge in [0.1, 0.15) is 12.4 Å². The highest BCUT2D eigenvalue weighted by Crippen LogP contribution is 2.17. The average molecular weight is 439 g/mol. The minimum Gasteiger partial charge on any atom is -0.332 e. The maximum atomic E-state index is 13.4. The van der Waals surface area contributed by atoms with E-state index in [1.54, 1.807) is 21.1 Å². The second-order valence-electron chi connectivity index (χ2n) is 7.51. The van der Waals surface area contributed by atoms with Crippen molar-refractivity contribution in [3.05, 3.63) is 93.9 Å². The Bertz CT molecular complexity index is 975. The lowest BCUT2D eigenvalue weighted by Gasteiger charge is -2.31. The minimum atomic E-state index is -0.396. The molecule has 31 heavy (non-hydrogen) atoms. The quantitative estimate of drug-likeness (QED) is 0.451. The zero-order chi connectivity index (χ0) is 22.2. The van der Waals surface area contributed by atoms with Crippen molar-refractivity contribution >= 4 is 23.2 Å². The monoisotopic (exact) mass is 438 g/mol. The number of nitrogens with zero attached hydrogens (tertiary/aromatic N) is 2. The van der Waals surface area contributed by atoms with Gasteiger partial charge >= 0.3 is 0 Å². The van der Waals surface area contributed by atoms with Gasteiger partial charge in [-0.05, 0) is 54.6 Å². The molecule has 1 heterocycles. The molecule has 0 saturated carbocycles. The van der Waals surface area contributed by atoms with Crippen molar-refractivity contribution < 1.29 is 14.0 Å². The lowest BCUT2D eigenvalue weighted by molar-refractivity contribution is -0.133. The number of halogens is 1. The van der Waals surface area contributed by atoms with Gasteiger partial charge in [0.25, 0.3) is 5.91 Å². The van der Waals surface area contributed by atoms with E-state index in [0.717, 1.165) is 10.4 Å². The van der Waals surface area contributed by atoms with Gasteiger partial charge in [-0.2, -0.15) is 0 Å². The van der Waals surface area contributed by atoms with Crippen LogP contribution < -0.4 is 0 Å². The van der Waals surface area contributed by atoms with E-state index in [1.807, 2.05) is 61.7 Å². The normalized spacial score (nSPS) is 11.7. The third-order valence-corrected chi connectivity index (χ3v) is 6.14. The molecule has 0 N–H and O–H groups in total. The fraction of sp³-hybridized carbons (Fsp3) is 0.280. The minimum absolute atomic E-state index is 0.0244. The molecule has 6 heteroatoms. The predicted octanol–water partition coefficient (Wildman–Crippen LogP) is 5.36. The summed E-state index contributed by atoms with van der Waals surface area (Å²) in [4.78, 5) is 31.0. The van der Waals surface area contributed by atoms with E-state index in [0.29, 0.717) is 25.1 Å². The molecule has 4 nitrogen and oxygen atoms in total. The fourth-order valence-electron chi connectivity index (χ4n) is 3.28. The maximum absolute atomic E-state index is 13.4. The number of carbonyl (C=O) groups excluding carboxylic acids is 2. The van der Waals surface area contributed by atoms with E-state index in [9.17, 15) is 14.0 Å². The molecule has 0 aliphatic heterocycles. The number of thiophene rings is 1. The number of rotatable bonds is 9. The van der Waals surface area contributed by atoms with Crippen molar-refractivity contribution in [2.75, 3.05) is 6.54 Å². The largest absolute Gasteiger partial charge is 0.332 e. The highest BCUT2D eigenvalue weighted by Gasteiger charge is 2.26. The molecule has 0 spiro atoms. The van der Waals surface area contributed by atoms with Crippen molar-refractivity contribution in [1.82, 2.24) is 9.80 Å². The molecule has 0 fully saturated rings. The molecule has 1 aromatic heterocycles. The summed E-state index contributed by atoms with van der Waals surface area (Å²) in [7, 11) is 0. The van der Waals surface area contributed by atoms with Crippen LogP contribution in [-0.2, 0) is 17.9 Å². The highest BCUT2D eigenvalue weighted by molar-refractivity contribution is 7.09. The lowest BCUT2D eigenvalue weighted by Crippen LogP contribution is -2.46. The Kier molecular flexibility index (Phi) is 7.95. The summed E-state index contributed by atoms with van der Waals surface area (Å²) in [5.41, 5.74) is 1.41. The van der Waals surface area contributed by atoms with Crippen molar-refractivity contribution in [3.63, 3.8) is 0 Å². The van der Waals surface area contributed by atoms with E-state index in [4.69, 9.17) is 0 Å². The van der Waals surface area contributed by atoms with Crippen molar-refractivity contribution in [2.45, 2.75) is 39.4 Å². The van der Waals surface area contributed by atoms with Crippen LogP contribution in [0.1, 0.15) is 41.1 Å². The second kappa shape index (κ2) is 10.9. The standard InChI is InChI=1S/C25H27FN2O2S/c1-3-19(2)28(25(30)21-11-13-22(26)14-12-21)18-24(29)27(17-23-10-7-15-31-23)16-20-8-5-4-6-9-20/h4-15,19H,3,16-18H2,1-2H3. The van der Waals surface area contributed by atoms with Gasteiger partial charge in [0, 0.05) is 23.0 Å². The molecule has 0 saturated heterocycles. The van der Waals surface area contributed by atoms with Crippen molar-refractivity contribution in [1.29, 1.82) is 0 Å². The Labute approximate surface area is 186 Å². The Balaban J connectivity index is 1.81. The molecular formula is C25H27FN2O2S. The molecule has 1 atom stereocenters. The molecule has 2 aromatic carbocycles. The van der Waals surface area contributed by atoms with E-state index in [2.05, 4.69) is 0 Å². The Hall–Kier alpha value is -2.99. The molecule has 0 aliphatic rings. The van der Waals surface area contributed by atoms with Gasteiger partial charge < -0.3 is 9.80 Å². The molecule has 2 amide bonds. The van der Waals surface area contributed by atoms with E-state index in [-0.39, 0.29) is 24.4 Å². The molecule has 162 valence electrons. The Morgan fingerprint density at radius 2 is 1.68 bits per heavy atom. The van der Waals surface area contributed by atoms with Gasteiger partial charge in [-0.15, -0.1) is 11.3 Å². The molecule has 0 radical (unpaired) electrons. The van der Waals surface area contributed by atoms with Gasteiger partial charge in [0.2, 0.25) is 5.91 Å². The van der Waals surface area contributed by atoms with Crippen molar-refractivity contribution in [2.24, 2.45) is 0 Å². The maximum Gasteiger partial charge on any atom is 0.254 e. The molecule has 3 rings (SSSR count). The number of hydrogen-bond acceptors (Lipinski definition) is 3. The van der Waals surface area contributed by atoms with Gasteiger partial charge in [-0.25, -0.2) is 4.39 Å². The Morgan fingerprint density at radius 3 is 2.29 bits per heavy atom. The fourth-order valence-corrected chi connectivity index (χ4v) is 4.00. The SMILES string of the molecule is CCC(C)N(CC(=O)N(Cc1ccccc1)Cc1cccs1)C(=O)c1ccc(F)cc1. The summed E-state index contributed by atoms with van der Waals surface area (Å²) >= 11 is 1.60. The summed E-state index contributed by atoms with van der Waals surface area (Å²) in [5.74, 6) is -0.779. The number of hydrogen-bond donors (Lipinski definition) is 0. The van der Waals surface area contributed by atoms with Crippen LogP contribution in [0, 0.1) is 5.82 Å². The summed E-state index contributed by atoms with van der Waals surface area (Å²) in [6, 6.07) is 19.1. The molecule has 1 unspecified atom stereocenters. The van der Waals surface area contributed by atoms with Gasteiger partial charge in [0.05, 0.1) is 6.54 Å². The second-order valence-corrected chi connectivity index (χ2v) is 8.54. The highest BCUT2D eigenvalue weighted by atomic mass is 32.1. The summed E-state index contributed by atoms with van der Waals surface area (Å²) in [6.45, 7) is 4.84. The lowest BCUT2D eigenvalue weighted by atomic mass is 10.1. The third kappa shape index (κ3) is 6.25. The van der Waals surface area contributed by atoms with Crippen LogP contribution in [0.15, 0.2) is 72.1 Å². The third-order valence-electron chi connectivity index (χ3n) is 5.28. The van der Waals surface area contributed by atoms with Crippen LogP contribution >= 0.6 is 11.3 Å². The van der Waals surface area contributed by atoms with E-state index >= 15 is 0 Å². The molecular weight excluding hydrogens is 411 g/mol. The van der Waals surface area contributed by atoms with Crippen molar-refractivity contribution in [3.8, 4) is 0 Å². The smallest absolute Gasteiger partial charge is 0.254 e. The predicted molar refractivity (Wildman–Crippen MR) is 122 cm³/mol.